The molecule has 1 heterocycles. The highest BCUT2D eigenvalue weighted by Gasteiger charge is 2.20. The Hall–Kier alpha value is -0.810. The van der Waals surface area contributed by atoms with E-state index in [0.29, 0.717) is 16.8 Å². The van der Waals surface area contributed by atoms with E-state index in [1.165, 1.54) is 6.26 Å². The summed E-state index contributed by atoms with van der Waals surface area (Å²) in [6, 6.07) is 1.67. The van der Waals surface area contributed by atoms with Gasteiger partial charge in [-0.1, -0.05) is 0 Å². The zero-order chi connectivity index (χ0) is 11.4. The van der Waals surface area contributed by atoms with Gasteiger partial charge in [-0.25, -0.2) is 0 Å². The molecule has 0 saturated heterocycles. The van der Waals surface area contributed by atoms with Crippen molar-refractivity contribution in [2.24, 2.45) is 0 Å². The number of hydrogen-bond donors (Lipinski definition) is 0. The van der Waals surface area contributed by atoms with E-state index in [1.54, 1.807) is 25.1 Å². The van der Waals surface area contributed by atoms with Crippen LogP contribution in [0.2, 0.25) is 0 Å². The van der Waals surface area contributed by atoms with Gasteiger partial charge in [0.2, 0.25) is 0 Å². The molecule has 1 aromatic rings. The molecule has 0 N–H and O–H groups in total. The molecule has 1 rings (SSSR count). The van der Waals surface area contributed by atoms with Gasteiger partial charge in [0.05, 0.1) is 24.5 Å². The van der Waals surface area contributed by atoms with Crippen molar-refractivity contribution in [2.75, 3.05) is 20.8 Å². The van der Waals surface area contributed by atoms with Gasteiger partial charge in [-0.05, 0) is 28.9 Å². The Kier molecular flexibility index (Phi) is 4.35. The highest BCUT2D eigenvalue weighted by molar-refractivity contribution is 9.10. The van der Waals surface area contributed by atoms with Gasteiger partial charge in [-0.15, -0.1) is 0 Å². The second-order valence-electron chi connectivity index (χ2n) is 3.33. The monoisotopic (exact) mass is 275 g/mol. The molecule has 0 saturated carbocycles. The second-order valence-corrected chi connectivity index (χ2v) is 4.05. The quantitative estimate of drug-likeness (QED) is 0.846. The summed E-state index contributed by atoms with van der Waals surface area (Å²) in [7, 11) is 3.36. The Bertz CT molecular complexity index is 337. The number of nitrogens with zero attached hydrogens (tertiary/aromatic N) is 1. The first-order valence-electron chi connectivity index (χ1n) is 4.57. The summed E-state index contributed by atoms with van der Waals surface area (Å²) in [4.78, 5) is 13.5. The van der Waals surface area contributed by atoms with Crippen molar-refractivity contribution < 1.29 is 13.9 Å². The number of amides is 1. The van der Waals surface area contributed by atoms with Crippen LogP contribution in [-0.2, 0) is 4.74 Å². The third kappa shape index (κ3) is 2.82. The van der Waals surface area contributed by atoms with Crippen molar-refractivity contribution >= 4 is 21.8 Å². The van der Waals surface area contributed by atoms with Crippen LogP contribution in [0, 0.1) is 0 Å². The largest absolute Gasteiger partial charge is 0.457 e. The molecule has 0 fully saturated rings. The van der Waals surface area contributed by atoms with E-state index in [1.807, 2.05) is 6.92 Å². The number of methoxy groups -OCH3 is 1. The lowest BCUT2D eigenvalue weighted by atomic mass is 10.2. The van der Waals surface area contributed by atoms with Gasteiger partial charge < -0.3 is 14.1 Å². The van der Waals surface area contributed by atoms with E-state index < -0.39 is 0 Å². The van der Waals surface area contributed by atoms with Crippen molar-refractivity contribution in [2.45, 2.75) is 13.0 Å². The van der Waals surface area contributed by atoms with Crippen molar-refractivity contribution in [1.29, 1.82) is 0 Å². The topological polar surface area (TPSA) is 42.7 Å². The van der Waals surface area contributed by atoms with Crippen molar-refractivity contribution in [3.05, 3.63) is 22.6 Å². The predicted octanol–water partition coefficient (Wildman–Crippen LogP) is 2.15. The van der Waals surface area contributed by atoms with Crippen LogP contribution in [0.3, 0.4) is 0 Å². The first kappa shape index (κ1) is 12.3. The fraction of sp³-hybridized carbons (Fsp3) is 0.500. The van der Waals surface area contributed by atoms with E-state index in [-0.39, 0.29) is 11.9 Å². The third-order valence-electron chi connectivity index (χ3n) is 2.24. The summed E-state index contributed by atoms with van der Waals surface area (Å²) in [5.74, 6) is -0.0832. The van der Waals surface area contributed by atoms with Crippen LogP contribution in [0.1, 0.15) is 17.3 Å². The zero-order valence-corrected chi connectivity index (χ0v) is 10.6. The molecule has 84 valence electrons. The number of halogens is 1. The molecule has 5 heteroatoms. The maximum Gasteiger partial charge on any atom is 0.258 e. The van der Waals surface area contributed by atoms with E-state index in [4.69, 9.17) is 9.15 Å². The van der Waals surface area contributed by atoms with E-state index in [9.17, 15) is 4.79 Å². The summed E-state index contributed by atoms with van der Waals surface area (Å²) in [5, 5.41) is 0. The smallest absolute Gasteiger partial charge is 0.258 e. The molecule has 0 bridgehead atoms. The summed E-state index contributed by atoms with van der Waals surface area (Å²) in [6.45, 7) is 2.44. The molecule has 1 atom stereocenters. The van der Waals surface area contributed by atoms with Gasteiger partial charge in [-0.3, -0.25) is 4.79 Å². The SMILES string of the molecule is COCC(C)N(C)C(=O)c1ccoc1Br. The van der Waals surface area contributed by atoms with E-state index in [2.05, 4.69) is 15.9 Å². The van der Waals surface area contributed by atoms with Gasteiger partial charge in [0.25, 0.3) is 5.91 Å². The molecule has 0 aliphatic rings. The fourth-order valence-corrected chi connectivity index (χ4v) is 1.60. The maximum absolute atomic E-state index is 11.9. The predicted molar refractivity (Wildman–Crippen MR) is 59.8 cm³/mol. The van der Waals surface area contributed by atoms with Gasteiger partial charge in [0.15, 0.2) is 4.67 Å². The van der Waals surface area contributed by atoms with Crippen LogP contribution in [0.15, 0.2) is 21.4 Å². The third-order valence-corrected chi connectivity index (χ3v) is 2.85. The average molecular weight is 276 g/mol. The van der Waals surface area contributed by atoms with Crippen LogP contribution in [0.4, 0.5) is 0 Å². The summed E-state index contributed by atoms with van der Waals surface area (Å²) in [6.07, 6.45) is 1.48. The number of furan rings is 1. The average Bonchev–Trinajstić information content (AvgIpc) is 2.62. The Balaban J connectivity index is 2.73. The first-order chi connectivity index (χ1) is 7.07. The Labute approximate surface area is 97.3 Å². The molecular weight excluding hydrogens is 262 g/mol. The number of carbonyl (C=O) groups excluding carboxylic acids is 1. The van der Waals surface area contributed by atoms with Gasteiger partial charge in [0.1, 0.15) is 0 Å². The minimum Gasteiger partial charge on any atom is -0.457 e. The minimum atomic E-state index is -0.0832. The summed E-state index contributed by atoms with van der Waals surface area (Å²) >= 11 is 3.18. The molecule has 1 unspecified atom stereocenters. The van der Waals surface area contributed by atoms with Gasteiger partial charge >= 0.3 is 0 Å². The normalized spacial score (nSPS) is 12.5. The zero-order valence-electron chi connectivity index (χ0n) is 8.99. The molecule has 0 aliphatic carbocycles. The second kappa shape index (κ2) is 5.32. The number of rotatable bonds is 4. The van der Waals surface area contributed by atoms with Crippen molar-refractivity contribution in [3.63, 3.8) is 0 Å². The number of hydrogen-bond acceptors (Lipinski definition) is 3. The van der Waals surface area contributed by atoms with Crippen LogP contribution in [0.5, 0.6) is 0 Å². The molecule has 15 heavy (non-hydrogen) atoms. The van der Waals surface area contributed by atoms with Crippen LogP contribution in [-0.4, -0.2) is 37.6 Å². The van der Waals surface area contributed by atoms with E-state index in [0.717, 1.165) is 0 Å². The molecule has 1 amide bonds. The van der Waals surface area contributed by atoms with Gasteiger partial charge in [0, 0.05) is 14.2 Å². The molecule has 0 spiro atoms. The Morgan fingerprint density at radius 1 is 1.73 bits per heavy atom. The number of likely N-dealkylation sites (N-methyl/N-ethyl adjacent to an activating group) is 1. The Morgan fingerprint density at radius 2 is 2.40 bits per heavy atom. The van der Waals surface area contributed by atoms with E-state index >= 15 is 0 Å². The van der Waals surface area contributed by atoms with Gasteiger partial charge in [-0.2, -0.15) is 0 Å². The molecule has 4 nitrogen and oxygen atoms in total. The lowest BCUT2D eigenvalue weighted by Crippen LogP contribution is -2.37. The highest BCUT2D eigenvalue weighted by Crippen LogP contribution is 2.19. The van der Waals surface area contributed by atoms with Crippen LogP contribution in [0.25, 0.3) is 0 Å². The standard InChI is InChI=1S/C10H14BrNO3/c1-7(6-14-3)12(2)10(13)8-4-5-15-9(8)11/h4-5,7H,6H2,1-3H3. The molecular formula is C10H14BrNO3. The molecule has 0 aliphatic heterocycles. The first-order valence-corrected chi connectivity index (χ1v) is 5.36. The van der Waals surface area contributed by atoms with Crippen molar-refractivity contribution in [1.82, 2.24) is 4.90 Å². The van der Waals surface area contributed by atoms with Crippen molar-refractivity contribution in [3.8, 4) is 0 Å². The molecule has 0 radical (unpaired) electrons. The van der Waals surface area contributed by atoms with Crippen LogP contribution >= 0.6 is 15.9 Å². The highest BCUT2D eigenvalue weighted by atomic mass is 79.9. The molecule has 0 aromatic carbocycles. The summed E-state index contributed by atoms with van der Waals surface area (Å²) in [5.41, 5.74) is 0.528. The fourth-order valence-electron chi connectivity index (χ4n) is 1.19. The van der Waals surface area contributed by atoms with Crippen LogP contribution < -0.4 is 0 Å². The maximum atomic E-state index is 11.9. The molecule has 1 aromatic heterocycles. The lowest BCUT2D eigenvalue weighted by molar-refractivity contribution is 0.0631. The number of carbonyl (C=O) groups is 1. The minimum absolute atomic E-state index is 0.0318. The summed E-state index contributed by atoms with van der Waals surface area (Å²) < 4.78 is 10.5. The lowest BCUT2D eigenvalue weighted by Gasteiger charge is -2.23. The Morgan fingerprint density at radius 3 is 2.87 bits per heavy atom. The number of ether oxygens (including phenoxy) is 1.